The quantitative estimate of drug-likeness (QED) is 0.205. The summed E-state index contributed by atoms with van der Waals surface area (Å²) in [4.78, 5) is 34.6. The third-order valence-corrected chi connectivity index (χ3v) is 4.09. The number of carbonyl (C=O) groups is 2. The number of esters is 1. The molecule has 0 atom stereocenters. The van der Waals surface area contributed by atoms with E-state index in [-0.39, 0.29) is 11.3 Å². The maximum Gasteiger partial charge on any atom is 0.343 e. The molecule has 0 saturated carbocycles. The highest BCUT2D eigenvalue weighted by atomic mass is 16.6. The van der Waals surface area contributed by atoms with E-state index in [1.165, 1.54) is 31.5 Å². The van der Waals surface area contributed by atoms with E-state index in [4.69, 9.17) is 9.47 Å². The molecule has 9 nitrogen and oxygen atoms in total. The van der Waals surface area contributed by atoms with E-state index in [1.54, 1.807) is 48.5 Å². The number of hydrazone groups is 1. The van der Waals surface area contributed by atoms with Gasteiger partial charge in [-0.15, -0.1) is 0 Å². The van der Waals surface area contributed by atoms with Gasteiger partial charge in [-0.05, 0) is 48.0 Å². The first-order valence-corrected chi connectivity index (χ1v) is 9.00. The van der Waals surface area contributed by atoms with Gasteiger partial charge in [0, 0.05) is 17.7 Å². The SMILES string of the molecule is COc1ccc(C(=O)Oc2cccc(/C=N/NC(=O)c3cccc([N+](=O)[O-])c3)c2)cc1. The number of hydrogen-bond donors (Lipinski definition) is 1. The number of non-ortho nitro benzene ring substituents is 1. The monoisotopic (exact) mass is 419 g/mol. The molecule has 3 rings (SSSR count). The zero-order valence-corrected chi connectivity index (χ0v) is 16.3. The number of amides is 1. The second kappa shape index (κ2) is 9.79. The first-order valence-electron chi connectivity index (χ1n) is 9.00. The summed E-state index contributed by atoms with van der Waals surface area (Å²) in [6.07, 6.45) is 1.36. The molecule has 0 fully saturated rings. The summed E-state index contributed by atoms with van der Waals surface area (Å²) in [5.41, 5.74) is 3.15. The average molecular weight is 419 g/mol. The lowest BCUT2D eigenvalue weighted by molar-refractivity contribution is -0.384. The van der Waals surface area contributed by atoms with Crippen molar-refractivity contribution in [2.75, 3.05) is 7.11 Å². The minimum absolute atomic E-state index is 0.105. The third-order valence-electron chi connectivity index (χ3n) is 4.09. The van der Waals surface area contributed by atoms with Crippen molar-refractivity contribution in [3.05, 3.63) is 99.6 Å². The molecule has 0 saturated heterocycles. The lowest BCUT2D eigenvalue weighted by atomic mass is 10.2. The first kappa shape index (κ1) is 21.2. The second-order valence-corrected chi connectivity index (χ2v) is 6.20. The van der Waals surface area contributed by atoms with Gasteiger partial charge in [0.1, 0.15) is 11.5 Å². The molecule has 31 heavy (non-hydrogen) atoms. The van der Waals surface area contributed by atoms with Crippen molar-refractivity contribution in [1.29, 1.82) is 0 Å². The number of hydrogen-bond acceptors (Lipinski definition) is 7. The van der Waals surface area contributed by atoms with Crippen molar-refractivity contribution in [3.8, 4) is 11.5 Å². The Kier molecular flexibility index (Phi) is 6.69. The number of nitro groups is 1. The predicted molar refractivity (Wildman–Crippen MR) is 113 cm³/mol. The van der Waals surface area contributed by atoms with Crippen LogP contribution in [0.1, 0.15) is 26.3 Å². The van der Waals surface area contributed by atoms with Crippen LogP contribution in [0.15, 0.2) is 77.9 Å². The van der Waals surface area contributed by atoms with E-state index in [2.05, 4.69) is 10.5 Å². The Balaban J connectivity index is 1.62. The van der Waals surface area contributed by atoms with Crippen molar-refractivity contribution in [1.82, 2.24) is 5.43 Å². The van der Waals surface area contributed by atoms with Crippen LogP contribution in [0.5, 0.6) is 11.5 Å². The van der Waals surface area contributed by atoms with Crippen LogP contribution in [0.4, 0.5) is 5.69 Å². The summed E-state index contributed by atoms with van der Waals surface area (Å²) < 4.78 is 10.4. The van der Waals surface area contributed by atoms with Crippen molar-refractivity contribution in [3.63, 3.8) is 0 Å². The van der Waals surface area contributed by atoms with Gasteiger partial charge in [0.2, 0.25) is 0 Å². The van der Waals surface area contributed by atoms with Crippen LogP contribution >= 0.6 is 0 Å². The molecule has 0 aliphatic carbocycles. The molecular formula is C22H17N3O6. The fraction of sp³-hybridized carbons (Fsp3) is 0.0455. The number of ether oxygens (including phenoxy) is 2. The highest BCUT2D eigenvalue weighted by Crippen LogP contribution is 2.17. The Morgan fingerprint density at radius 3 is 2.42 bits per heavy atom. The molecule has 0 heterocycles. The summed E-state index contributed by atoms with van der Waals surface area (Å²) in [5.74, 6) is -0.200. The van der Waals surface area contributed by atoms with E-state index in [0.717, 1.165) is 6.07 Å². The van der Waals surface area contributed by atoms with Gasteiger partial charge >= 0.3 is 5.97 Å². The van der Waals surface area contributed by atoms with Gasteiger partial charge < -0.3 is 9.47 Å². The lowest BCUT2D eigenvalue weighted by Gasteiger charge is -2.06. The molecule has 0 bridgehead atoms. The molecule has 0 aromatic heterocycles. The van der Waals surface area contributed by atoms with Gasteiger partial charge in [0.05, 0.1) is 23.8 Å². The van der Waals surface area contributed by atoms with Gasteiger partial charge in [-0.3, -0.25) is 14.9 Å². The molecule has 0 spiro atoms. The van der Waals surface area contributed by atoms with Crippen LogP contribution in [0, 0.1) is 10.1 Å². The summed E-state index contributed by atoms with van der Waals surface area (Å²) in [6, 6.07) is 18.4. The topological polar surface area (TPSA) is 120 Å². The zero-order chi connectivity index (χ0) is 22.2. The maximum absolute atomic E-state index is 12.3. The Morgan fingerprint density at radius 1 is 0.968 bits per heavy atom. The number of rotatable bonds is 7. The van der Waals surface area contributed by atoms with Gasteiger partial charge in [0.15, 0.2) is 0 Å². The smallest absolute Gasteiger partial charge is 0.343 e. The highest BCUT2D eigenvalue weighted by Gasteiger charge is 2.11. The zero-order valence-electron chi connectivity index (χ0n) is 16.3. The van der Waals surface area contributed by atoms with E-state index in [9.17, 15) is 19.7 Å². The fourth-order valence-corrected chi connectivity index (χ4v) is 2.54. The van der Waals surface area contributed by atoms with Crippen molar-refractivity contribution in [2.45, 2.75) is 0 Å². The molecular weight excluding hydrogens is 402 g/mol. The lowest BCUT2D eigenvalue weighted by Crippen LogP contribution is -2.17. The number of nitrogens with one attached hydrogen (secondary N) is 1. The van der Waals surface area contributed by atoms with Crippen LogP contribution in [0.3, 0.4) is 0 Å². The predicted octanol–water partition coefficient (Wildman–Crippen LogP) is 3.59. The number of carbonyl (C=O) groups excluding carboxylic acids is 2. The van der Waals surface area contributed by atoms with Crippen molar-refractivity contribution < 1.29 is 24.0 Å². The Morgan fingerprint density at radius 2 is 1.71 bits per heavy atom. The van der Waals surface area contributed by atoms with Crippen molar-refractivity contribution >= 4 is 23.8 Å². The van der Waals surface area contributed by atoms with Gasteiger partial charge in [-0.2, -0.15) is 5.10 Å². The fourth-order valence-electron chi connectivity index (χ4n) is 2.54. The standard InChI is InChI=1S/C22H17N3O6/c1-30-19-10-8-16(9-11-19)22(27)31-20-7-2-4-15(12-20)14-23-24-21(26)17-5-3-6-18(13-17)25(28)29/h2-14H,1H3,(H,24,26)/b23-14+. The largest absolute Gasteiger partial charge is 0.497 e. The second-order valence-electron chi connectivity index (χ2n) is 6.20. The first-order chi connectivity index (χ1) is 15.0. The highest BCUT2D eigenvalue weighted by molar-refractivity contribution is 5.95. The van der Waals surface area contributed by atoms with E-state index < -0.39 is 16.8 Å². The van der Waals surface area contributed by atoms with Gasteiger partial charge in [-0.25, -0.2) is 10.2 Å². The molecule has 9 heteroatoms. The van der Waals surface area contributed by atoms with Crippen LogP contribution in [-0.4, -0.2) is 30.1 Å². The van der Waals surface area contributed by atoms with Crippen LogP contribution in [-0.2, 0) is 0 Å². The molecule has 3 aromatic carbocycles. The molecule has 1 amide bonds. The Bertz CT molecular complexity index is 1140. The van der Waals surface area contributed by atoms with Gasteiger partial charge in [-0.1, -0.05) is 18.2 Å². The average Bonchev–Trinajstić information content (AvgIpc) is 2.79. The van der Waals surface area contributed by atoms with Crippen LogP contribution < -0.4 is 14.9 Å². The summed E-state index contributed by atoms with van der Waals surface area (Å²) in [5, 5.41) is 14.6. The van der Waals surface area contributed by atoms with Crippen LogP contribution in [0.2, 0.25) is 0 Å². The van der Waals surface area contributed by atoms with E-state index in [0.29, 0.717) is 22.6 Å². The Labute approximate surface area is 177 Å². The van der Waals surface area contributed by atoms with Crippen LogP contribution in [0.25, 0.3) is 0 Å². The molecule has 0 radical (unpaired) electrons. The molecule has 0 unspecified atom stereocenters. The molecule has 1 N–H and O–H groups in total. The third kappa shape index (κ3) is 5.73. The summed E-state index contributed by atoms with van der Waals surface area (Å²) in [7, 11) is 1.53. The molecule has 156 valence electrons. The maximum atomic E-state index is 12.3. The molecule has 3 aromatic rings. The van der Waals surface area contributed by atoms with Gasteiger partial charge in [0.25, 0.3) is 11.6 Å². The number of nitro benzene ring substituents is 1. The number of nitrogens with zero attached hydrogens (tertiary/aromatic N) is 2. The number of benzene rings is 3. The van der Waals surface area contributed by atoms with E-state index >= 15 is 0 Å². The Hall–Kier alpha value is -4.53. The number of methoxy groups -OCH3 is 1. The molecule has 0 aliphatic heterocycles. The normalized spacial score (nSPS) is 10.5. The summed E-state index contributed by atoms with van der Waals surface area (Å²) >= 11 is 0. The van der Waals surface area contributed by atoms with Crippen molar-refractivity contribution in [2.24, 2.45) is 5.10 Å². The summed E-state index contributed by atoms with van der Waals surface area (Å²) in [6.45, 7) is 0. The van der Waals surface area contributed by atoms with E-state index in [1.807, 2.05) is 0 Å². The minimum Gasteiger partial charge on any atom is -0.497 e. The molecule has 0 aliphatic rings. The minimum atomic E-state index is -0.595.